The third-order valence-electron chi connectivity index (χ3n) is 6.36. The Bertz CT molecular complexity index is 1230. The van der Waals surface area contributed by atoms with E-state index >= 15 is 0 Å². The van der Waals surface area contributed by atoms with Crippen LogP contribution in [0.15, 0.2) is 65.7 Å². The van der Waals surface area contributed by atoms with Crippen molar-refractivity contribution in [3.63, 3.8) is 0 Å². The molecule has 162 valence electrons. The van der Waals surface area contributed by atoms with Gasteiger partial charge >= 0.3 is 0 Å². The monoisotopic (exact) mass is 429 g/mol. The summed E-state index contributed by atoms with van der Waals surface area (Å²) >= 11 is 0. The summed E-state index contributed by atoms with van der Waals surface area (Å²) in [4.78, 5) is 48.5. The summed E-state index contributed by atoms with van der Waals surface area (Å²) in [6.45, 7) is 2.05. The van der Waals surface area contributed by atoms with Crippen LogP contribution in [0.3, 0.4) is 0 Å². The van der Waals surface area contributed by atoms with Crippen LogP contribution >= 0.6 is 0 Å². The lowest BCUT2D eigenvalue weighted by Gasteiger charge is -2.23. The van der Waals surface area contributed by atoms with Gasteiger partial charge in [-0.3, -0.25) is 19.4 Å². The quantitative estimate of drug-likeness (QED) is 0.682. The van der Waals surface area contributed by atoms with E-state index < -0.39 is 11.5 Å². The average molecular weight is 429 g/mol. The average Bonchev–Trinajstić information content (AvgIpc) is 3.42. The van der Waals surface area contributed by atoms with Gasteiger partial charge in [-0.05, 0) is 37.1 Å². The molecule has 0 radical (unpaired) electrons. The first-order valence-corrected chi connectivity index (χ1v) is 10.7. The summed E-state index contributed by atoms with van der Waals surface area (Å²) in [5.41, 5.74) is 0.517. The highest BCUT2D eigenvalue weighted by Gasteiger charge is 2.47. The van der Waals surface area contributed by atoms with Crippen molar-refractivity contribution in [1.82, 2.24) is 24.8 Å². The van der Waals surface area contributed by atoms with Gasteiger partial charge in [-0.1, -0.05) is 24.3 Å². The van der Waals surface area contributed by atoms with E-state index in [2.05, 4.69) is 15.3 Å². The van der Waals surface area contributed by atoms with E-state index in [4.69, 9.17) is 0 Å². The molecule has 0 unspecified atom stereocenters. The van der Waals surface area contributed by atoms with Gasteiger partial charge in [0.1, 0.15) is 11.4 Å². The second-order valence-corrected chi connectivity index (χ2v) is 8.35. The van der Waals surface area contributed by atoms with Crippen LogP contribution in [0.5, 0.6) is 0 Å². The van der Waals surface area contributed by atoms with Crippen molar-refractivity contribution >= 4 is 11.8 Å². The molecule has 2 aliphatic rings. The van der Waals surface area contributed by atoms with Gasteiger partial charge < -0.3 is 14.8 Å². The molecule has 0 aliphatic carbocycles. The van der Waals surface area contributed by atoms with E-state index in [0.29, 0.717) is 36.7 Å². The number of nitrogens with zero attached hydrogens (tertiary/aromatic N) is 4. The molecule has 1 fully saturated rings. The molecule has 1 N–H and O–H groups in total. The minimum Gasteiger partial charge on any atom is -0.346 e. The maximum atomic E-state index is 12.9. The lowest BCUT2D eigenvalue weighted by atomic mass is 9.85. The number of aromatic nitrogens is 3. The molecule has 2 aromatic heterocycles. The fourth-order valence-corrected chi connectivity index (χ4v) is 4.65. The van der Waals surface area contributed by atoms with Gasteiger partial charge in [0.15, 0.2) is 0 Å². The SMILES string of the molecule is O=C(NCc1ccccn1)c1cn2c(nc1=O)[C@]1(CCN(C(=O)c3ccccc3)C1)CC2. The molecule has 1 saturated heterocycles. The van der Waals surface area contributed by atoms with Crippen LogP contribution in [0.1, 0.15) is 45.1 Å². The fraction of sp³-hybridized carbons (Fsp3) is 0.292. The van der Waals surface area contributed by atoms with Crippen LogP contribution in [0.4, 0.5) is 0 Å². The largest absolute Gasteiger partial charge is 0.346 e. The van der Waals surface area contributed by atoms with Crippen molar-refractivity contribution in [2.75, 3.05) is 13.1 Å². The van der Waals surface area contributed by atoms with Crippen LogP contribution in [0, 0.1) is 0 Å². The third kappa shape index (κ3) is 3.57. The zero-order chi connectivity index (χ0) is 22.1. The number of amides is 2. The standard InChI is InChI=1S/C24H23N5O3/c30-20(26-14-18-8-4-5-11-25-18)19-15-28-12-9-24(23(28)27-21(19)31)10-13-29(16-24)22(32)17-6-2-1-3-7-17/h1-8,11,15H,9-10,12-14,16H2,(H,26,30)/t24-/m0/s1. The number of rotatable bonds is 4. The van der Waals surface area contributed by atoms with Crippen LogP contribution in [0.25, 0.3) is 0 Å². The predicted molar refractivity (Wildman–Crippen MR) is 117 cm³/mol. The number of carbonyl (C=O) groups excluding carboxylic acids is 2. The Hall–Kier alpha value is -3.81. The lowest BCUT2D eigenvalue weighted by molar-refractivity contribution is 0.0783. The number of pyridine rings is 1. The van der Waals surface area contributed by atoms with Gasteiger partial charge in [0, 0.05) is 43.0 Å². The van der Waals surface area contributed by atoms with Gasteiger partial charge in [-0.15, -0.1) is 0 Å². The second kappa shape index (κ2) is 8.03. The second-order valence-electron chi connectivity index (χ2n) is 8.35. The highest BCUT2D eigenvalue weighted by Crippen LogP contribution is 2.41. The molecular weight excluding hydrogens is 406 g/mol. The maximum absolute atomic E-state index is 12.9. The molecule has 32 heavy (non-hydrogen) atoms. The molecule has 0 bridgehead atoms. The Balaban J connectivity index is 1.34. The summed E-state index contributed by atoms with van der Waals surface area (Å²) < 4.78 is 1.90. The molecule has 5 rings (SSSR count). The molecule has 1 atom stereocenters. The van der Waals surface area contributed by atoms with Gasteiger partial charge in [0.05, 0.1) is 12.2 Å². The van der Waals surface area contributed by atoms with Gasteiger partial charge in [-0.2, -0.15) is 4.98 Å². The summed E-state index contributed by atoms with van der Waals surface area (Å²) in [5, 5.41) is 2.74. The number of nitrogens with one attached hydrogen (secondary N) is 1. The number of fused-ring (bicyclic) bond motifs is 2. The van der Waals surface area contributed by atoms with Crippen LogP contribution < -0.4 is 10.9 Å². The van der Waals surface area contributed by atoms with E-state index in [-0.39, 0.29) is 23.4 Å². The first kappa shape index (κ1) is 20.1. The number of aryl methyl sites for hydroxylation is 1. The number of hydrogen-bond donors (Lipinski definition) is 1. The summed E-state index contributed by atoms with van der Waals surface area (Å²) in [6.07, 6.45) is 4.80. The van der Waals surface area contributed by atoms with E-state index in [1.54, 1.807) is 24.5 Å². The number of carbonyl (C=O) groups is 2. The maximum Gasteiger partial charge on any atom is 0.285 e. The highest BCUT2D eigenvalue weighted by atomic mass is 16.2. The van der Waals surface area contributed by atoms with Crippen molar-refractivity contribution in [3.8, 4) is 0 Å². The number of hydrogen-bond acceptors (Lipinski definition) is 5. The molecular formula is C24H23N5O3. The Morgan fingerprint density at radius 3 is 2.59 bits per heavy atom. The molecule has 2 aliphatic heterocycles. The number of benzene rings is 1. The van der Waals surface area contributed by atoms with Crippen molar-refractivity contribution in [1.29, 1.82) is 0 Å². The Labute approximate surface area is 184 Å². The molecule has 1 spiro atoms. The molecule has 8 nitrogen and oxygen atoms in total. The Morgan fingerprint density at radius 2 is 1.81 bits per heavy atom. The van der Waals surface area contributed by atoms with Gasteiger partial charge in [-0.25, -0.2) is 0 Å². The Kier molecular flexibility index (Phi) is 5.05. The molecule has 8 heteroatoms. The summed E-state index contributed by atoms with van der Waals surface area (Å²) in [5.74, 6) is 0.206. The molecule has 1 aromatic carbocycles. The molecule has 2 amide bonds. The fourth-order valence-electron chi connectivity index (χ4n) is 4.65. The summed E-state index contributed by atoms with van der Waals surface area (Å²) in [7, 11) is 0. The third-order valence-corrected chi connectivity index (χ3v) is 6.36. The highest BCUT2D eigenvalue weighted by molar-refractivity contribution is 5.94. The van der Waals surface area contributed by atoms with Gasteiger partial charge in [0.2, 0.25) is 0 Å². The molecule has 3 aromatic rings. The first-order valence-electron chi connectivity index (χ1n) is 10.7. The van der Waals surface area contributed by atoms with Gasteiger partial charge in [0.25, 0.3) is 17.4 Å². The van der Waals surface area contributed by atoms with Crippen molar-refractivity contribution < 1.29 is 9.59 Å². The van der Waals surface area contributed by atoms with E-state index in [1.807, 2.05) is 45.9 Å². The van der Waals surface area contributed by atoms with E-state index in [1.165, 1.54) is 0 Å². The minimum absolute atomic E-state index is 0.00575. The summed E-state index contributed by atoms with van der Waals surface area (Å²) in [6, 6.07) is 14.7. The molecule has 0 saturated carbocycles. The lowest BCUT2D eigenvalue weighted by Crippen LogP contribution is -2.36. The van der Waals surface area contributed by atoms with E-state index in [9.17, 15) is 14.4 Å². The van der Waals surface area contributed by atoms with Crippen LogP contribution in [-0.4, -0.2) is 44.3 Å². The zero-order valence-corrected chi connectivity index (χ0v) is 17.5. The normalized spacial score (nSPS) is 19.2. The van der Waals surface area contributed by atoms with Crippen LogP contribution in [0.2, 0.25) is 0 Å². The van der Waals surface area contributed by atoms with Crippen LogP contribution in [-0.2, 0) is 18.5 Å². The predicted octanol–water partition coefficient (Wildman–Crippen LogP) is 1.76. The number of likely N-dealkylation sites (tertiary alicyclic amines) is 1. The van der Waals surface area contributed by atoms with Crippen molar-refractivity contribution in [2.24, 2.45) is 0 Å². The van der Waals surface area contributed by atoms with E-state index in [0.717, 1.165) is 12.8 Å². The topological polar surface area (TPSA) is 97.2 Å². The minimum atomic E-state index is -0.538. The zero-order valence-electron chi connectivity index (χ0n) is 17.5. The Morgan fingerprint density at radius 1 is 1.03 bits per heavy atom. The van der Waals surface area contributed by atoms with Crippen molar-refractivity contribution in [2.45, 2.75) is 31.3 Å². The van der Waals surface area contributed by atoms with Crippen molar-refractivity contribution in [3.05, 3.63) is 93.9 Å². The first-order chi connectivity index (χ1) is 15.6. The smallest absolute Gasteiger partial charge is 0.285 e. The molecule has 4 heterocycles.